The lowest BCUT2D eigenvalue weighted by Crippen LogP contribution is -2.33. The first-order chi connectivity index (χ1) is 6.73. The molecule has 2 unspecified atom stereocenters. The van der Waals surface area contributed by atoms with Crippen molar-refractivity contribution in [1.29, 1.82) is 0 Å². The number of aliphatic hydroxyl groups is 1. The van der Waals surface area contributed by atoms with Crippen LogP contribution >= 0.6 is 0 Å². The van der Waals surface area contributed by atoms with Gasteiger partial charge in [0.05, 0.1) is 5.60 Å². The van der Waals surface area contributed by atoms with Gasteiger partial charge in [0.2, 0.25) is 0 Å². The molecule has 0 radical (unpaired) electrons. The molecule has 0 bridgehead atoms. The van der Waals surface area contributed by atoms with Crippen molar-refractivity contribution in [2.24, 2.45) is 16.7 Å². The maximum Gasteiger partial charge on any atom is 0.0831 e. The van der Waals surface area contributed by atoms with Crippen molar-refractivity contribution < 1.29 is 5.11 Å². The van der Waals surface area contributed by atoms with Crippen molar-refractivity contribution in [2.75, 3.05) is 0 Å². The molecule has 0 amide bonds. The molecule has 0 aromatic carbocycles. The van der Waals surface area contributed by atoms with Gasteiger partial charge in [-0.05, 0) is 42.4 Å². The first-order valence-corrected chi connectivity index (χ1v) is 6.15. The van der Waals surface area contributed by atoms with Gasteiger partial charge in [-0.1, -0.05) is 39.8 Å². The Bertz CT molecular complexity index is 288. The summed E-state index contributed by atoms with van der Waals surface area (Å²) in [6.45, 7) is 9.09. The molecular formula is C14H24O. The molecule has 2 rings (SSSR count). The summed E-state index contributed by atoms with van der Waals surface area (Å²) in [5.41, 5.74) is 0.260. The van der Waals surface area contributed by atoms with Gasteiger partial charge >= 0.3 is 0 Å². The topological polar surface area (TPSA) is 20.2 Å². The van der Waals surface area contributed by atoms with Crippen LogP contribution in [-0.4, -0.2) is 10.7 Å². The van der Waals surface area contributed by atoms with Crippen molar-refractivity contribution >= 4 is 0 Å². The van der Waals surface area contributed by atoms with Crippen molar-refractivity contribution in [3.05, 3.63) is 12.2 Å². The number of hydrogen-bond acceptors (Lipinski definition) is 1. The Morgan fingerprint density at radius 2 is 1.73 bits per heavy atom. The molecule has 2 aliphatic carbocycles. The summed E-state index contributed by atoms with van der Waals surface area (Å²) in [6.07, 6.45) is 8.55. The molecule has 1 nitrogen and oxygen atoms in total. The number of hydrogen-bond donors (Lipinski definition) is 1. The lowest BCUT2D eigenvalue weighted by molar-refractivity contribution is 0.0437. The van der Waals surface area contributed by atoms with Gasteiger partial charge in [-0.25, -0.2) is 0 Å². The highest BCUT2D eigenvalue weighted by molar-refractivity contribution is 5.13. The van der Waals surface area contributed by atoms with E-state index >= 15 is 0 Å². The van der Waals surface area contributed by atoms with E-state index in [4.69, 9.17) is 0 Å². The van der Waals surface area contributed by atoms with E-state index in [1.54, 1.807) is 0 Å². The second-order valence-electron chi connectivity index (χ2n) is 7.02. The molecule has 0 aliphatic heterocycles. The highest BCUT2D eigenvalue weighted by Gasteiger charge is 2.49. The Morgan fingerprint density at radius 1 is 1.13 bits per heavy atom. The summed E-state index contributed by atoms with van der Waals surface area (Å²) in [5, 5.41) is 10.5. The third-order valence-electron chi connectivity index (χ3n) is 4.36. The van der Waals surface area contributed by atoms with Gasteiger partial charge in [0.15, 0.2) is 0 Å². The van der Waals surface area contributed by atoms with Gasteiger partial charge in [0.25, 0.3) is 0 Å². The average molecular weight is 208 g/mol. The fourth-order valence-electron chi connectivity index (χ4n) is 2.61. The van der Waals surface area contributed by atoms with E-state index < -0.39 is 5.60 Å². The molecule has 1 fully saturated rings. The molecule has 86 valence electrons. The summed E-state index contributed by atoms with van der Waals surface area (Å²) in [7, 11) is 0. The van der Waals surface area contributed by atoms with E-state index in [2.05, 4.69) is 39.8 Å². The van der Waals surface area contributed by atoms with Crippen molar-refractivity contribution in [1.82, 2.24) is 0 Å². The van der Waals surface area contributed by atoms with Crippen LogP contribution in [0.25, 0.3) is 0 Å². The van der Waals surface area contributed by atoms with Gasteiger partial charge in [-0.3, -0.25) is 0 Å². The Kier molecular flexibility index (Phi) is 2.31. The minimum Gasteiger partial charge on any atom is -0.386 e. The van der Waals surface area contributed by atoms with Crippen LogP contribution < -0.4 is 0 Å². The zero-order valence-corrected chi connectivity index (χ0v) is 10.5. The highest BCUT2D eigenvalue weighted by Crippen LogP contribution is 2.56. The summed E-state index contributed by atoms with van der Waals surface area (Å²) in [4.78, 5) is 0. The highest BCUT2D eigenvalue weighted by atomic mass is 16.3. The quantitative estimate of drug-likeness (QED) is 0.688. The third kappa shape index (κ3) is 2.44. The fourth-order valence-corrected chi connectivity index (χ4v) is 2.61. The van der Waals surface area contributed by atoms with E-state index in [9.17, 15) is 5.11 Å². The predicted octanol–water partition coefficient (Wildman–Crippen LogP) is 3.53. The Labute approximate surface area is 93.6 Å². The fraction of sp³-hybridized carbons (Fsp3) is 0.857. The minimum atomic E-state index is -0.506. The number of rotatable bonds is 2. The van der Waals surface area contributed by atoms with Crippen LogP contribution in [0.15, 0.2) is 12.2 Å². The summed E-state index contributed by atoms with van der Waals surface area (Å²) in [5.74, 6) is 0.730. The van der Waals surface area contributed by atoms with Gasteiger partial charge < -0.3 is 5.11 Å². The molecular weight excluding hydrogens is 184 g/mol. The molecule has 15 heavy (non-hydrogen) atoms. The van der Waals surface area contributed by atoms with Crippen molar-refractivity contribution in [3.8, 4) is 0 Å². The summed E-state index contributed by atoms with van der Waals surface area (Å²) in [6, 6.07) is 0. The zero-order valence-electron chi connectivity index (χ0n) is 10.5. The van der Waals surface area contributed by atoms with E-state index in [0.29, 0.717) is 5.41 Å². The molecule has 1 heteroatoms. The smallest absolute Gasteiger partial charge is 0.0831 e. The van der Waals surface area contributed by atoms with Crippen molar-refractivity contribution in [2.45, 2.75) is 59.0 Å². The molecule has 0 heterocycles. The maximum absolute atomic E-state index is 10.5. The predicted molar refractivity (Wildman–Crippen MR) is 63.6 cm³/mol. The van der Waals surface area contributed by atoms with Crippen LogP contribution in [0.2, 0.25) is 0 Å². The Balaban J connectivity index is 1.98. The molecule has 0 spiro atoms. The van der Waals surface area contributed by atoms with E-state index in [-0.39, 0.29) is 5.41 Å². The van der Waals surface area contributed by atoms with E-state index in [0.717, 1.165) is 25.2 Å². The lowest BCUT2D eigenvalue weighted by Gasteiger charge is -2.35. The maximum atomic E-state index is 10.5. The minimum absolute atomic E-state index is 0.283. The van der Waals surface area contributed by atoms with Crippen LogP contribution in [0.4, 0.5) is 0 Å². The largest absolute Gasteiger partial charge is 0.386 e. The average Bonchev–Trinajstić information content (AvgIpc) is 2.66. The van der Waals surface area contributed by atoms with Gasteiger partial charge in [0.1, 0.15) is 0 Å². The lowest BCUT2D eigenvalue weighted by atomic mass is 9.75. The van der Waals surface area contributed by atoms with Crippen LogP contribution in [0.1, 0.15) is 53.4 Å². The second kappa shape index (κ2) is 3.10. The van der Waals surface area contributed by atoms with Crippen LogP contribution in [0.5, 0.6) is 0 Å². The monoisotopic (exact) mass is 208 g/mol. The summed E-state index contributed by atoms with van der Waals surface area (Å²) >= 11 is 0. The zero-order chi connectivity index (χ0) is 11.3. The first-order valence-electron chi connectivity index (χ1n) is 6.15. The van der Waals surface area contributed by atoms with Crippen molar-refractivity contribution in [3.63, 3.8) is 0 Å². The van der Waals surface area contributed by atoms with Gasteiger partial charge in [-0.15, -0.1) is 0 Å². The Hall–Kier alpha value is -0.300. The van der Waals surface area contributed by atoms with Gasteiger partial charge in [0, 0.05) is 0 Å². The molecule has 2 aliphatic rings. The SMILES string of the molecule is CC1(C)C=CC(O)(CC2CC2(C)C)CC1. The molecule has 0 aromatic heterocycles. The molecule has 0 saturated heterocycles. The van der Waals surface area contributed by atoms with Crippen LogP contribution in [0.3, 0.4) is 0 Å². The molecule has 1 saturated carbocycles. The number of allylic oxidation sites excluding steroid dienone is 1. The van der Waals surface area contributed by atoms with Crippen LogP contribution in [0, 0.1) is 16.7 Å². The normalized spacial score (nSPS) is 41.5. The standard InChI is InChI=1S/C14H24O/c1-12(2)5-7-14(15,8-6-12)10-11-9-13(11,3)4/h5,7,11,15H,6,8-10H2,1-4H3. The van der Waals surface area contributed by atoms with Gasteiger partial charge in [-0.2, -0.15) is 0 Å². The Morgan fingerprint density at radius 3 is 2.13 bits per heavy atom. The first kappa shape index (κ1) is 11.2. The van der Waals surface area contributed by atoms with E-state index in [1.807, 2.05) is 0 Å². The second-order valence-corrected chi connectivity index (χ2v) is 7.02. The molecule has 2 atom stereocenters. The van der Waals surface area contributed by atoms with E-state index in [1.165, 1.54) is 6.42 Å². The molecule has 0 aromatic rings. The van der Waals surface area contributed by atoms with Crippen LogP contribution in [-0.2, 0) is 0 Å². The third-order valence-corrected chi connectivity index (χ3v) is 4.36. The molecule has 1 N–H and O–H groups in total. The summed E-state index contributed by atoms with van der Waals surface area (Å²) < 4.78 is 0.